The minimum absolute atomic E-state index is 0.0360. The third-order valence-electron chi connectivity index (χ3n) is 2.19. The molecule has 0 amide bonds. The van der Waals surface area contributed by atoms with Crippen LogP contribution in [0.5, 0.6) is 0 Å². The molecule has 0 bridgehead atoms. The molecular formula is C12H9BrN2O2S. The number of hydrogen-bond acceptors (Lipinski definition) is 4. The van der Waals surface area contributed by atoms with E-state index in [-0.39, 0.29) is 5.69 Å². The predicted octanol–water partition coefficient (Wildman–Crippen LogP) is 3.40. The van der Waals surface area contributed by atoms with Crippen LogP contribution < -0.4 is 0 Å². The fourth-order valence-electron chi connectivity index (χ4n) is 1.28. The zero-order chi connectivity index (χ0) is 13.1. The molecule has 0 unspecified atom stereocenters. The normalized spacial score (nSPS) is 10.3. The summed E-state index contributed by atoms with van der Waals surface area (Å²) < 4.78 is 0.952. The average molecular weight is 325 g/mol. The fourth-order valence-corrected chi connectivity index (χ4v) is 2.38. The first-order valence-corrected chi connectivity index (χ1v) is 6.66. The molecule has 0 aliphatic carbocycles. The van der Waals surface area contributed by atoms with Gasteiger partial charge in [-0.3, -0.25) is 0 Å². The number of nitrogens with zero attached hydrogens (tertiary/aromatic N) is 2. The first-order chi connectivity index (χ1) is 8.56. The van der Waals surface area contributed by atoms with E-state index in [4.69, 9.17) is 5.11 Å². The van der Waals surface area contributed by atoms with Gasteiger partial charge in [0.15, 0.2) is 0 Å². The number of hydrogen-bond donors (Lipinski definition) is 1. The lowest BCUT2D eigenvalue weighted by molar-refractivity contribution is 0.0690. The molecule has 0 saturated heterocycles. The third-order valence-corrected chi connectivity index (χ3v) is 3.95. The van der Waals surface area contributed by atoms with Gasteiger partial charge in [0.25, 0.3) is 0 Å². The van der Waals surface area contributed by atoms with Crippen LogP contribution >= 0.6 is 27.7 Å². The Labute approximate surface area is 117 Å². The van der Waals surface area contributed by atoms with Gasteiger partial charge in [-0.2, -0.15) is 0 Å². The topological polar surface area (TPSA) is 63.1 Å². The molecule has 18 heavy (non-hydrogen) atoms. The minimum Gasteiger partial charge on any atom is -0.477 e. The number of carboxylic acid groups (broad SMARTS) is 1. The summed E-state index contributed by atoms with van der Waals surface area (Å²) in [4.78, 5) is 19.6. The summed E-state index contributed by atoms with van der Waals surface area (Å²) >= 11 is 4.79. The number of carboxylic acids is 1. The molecule has 4 nitrogen and oxygen atoms in total. The summed E-state index contributed by atoms with van der Waals surface area (Å²) in [5, 5.41) is 9.68. The molecule has 0 fully saturated rings. The second kappa shape index (κ2) is 5.49. The number of aromatic carboxylic acids is 1. The van der Waals surface area contributed by atoms with Crippen LogP contribution in [0.2, 0.25) is 0 Å². The molecule has 0 aliphatic rings. The molecule has 0 radical (unpaired) electrons. The van der Waals surface area contributed by atoms with E-state index >= 15 is 0 Å². The Kier molecular flexibility index (Phi) is 3.98. The van der Waals surface area contributed by atoms with E-state index in [0.717, 1.165) is 20.0 Å². The van der Waals surface area contributed by atoms with Crippen molar-refractivity contribution in [3.8, 4) is 0 Å². The highest BCUT2D eigenvalue weighted by atomic mass is 79.9. The Balaban J connectivity index is 2.25. The largest absolute Gasteiger partial charge is 0.477 e. The van der Waals surface area contributed by atoms with Gasteiger partial charge in [0.05, 0.1) is 0 Å². The molecule has 0 aromatic carbocycles. The number of aromatic nitrogens is 2. The van der Waals surface area contributed by atoms with Crippen molar-refractivity contribution in [1.82, 2.24) is 9.97 Å². The van der Waals surface area contributed by atoms with Gasteiger partial charge >= 0.3 is 5.97 Å². The van der Waals surface area contributed by atoms with Crippen LogP contribution in [0.4, 0.5) is 0 Å². The Morgan fingerprint density at radius 3 is 2.83 bits per heavy atom. The monoisotopic (exact) mass is 324 g/mol. The van der Waals surface area contributed by atoms with Gasteiger partial charge in [0, 0.05) is 21.8 Å². The summed E-state index contributed by atoms with van der Waals surface area (Å²) in [6, 6.07) is 5.23. The highest BCUT2D eigenvalue weighted by Crippen LogP contribution is 2.28. The lowest BCUT2D eigenvalue weighted by Crippen LogP contribution is -1.99. The van der Waals surface area contributed by atoms with Gasteiger partial charge in [0.2, 0.25) is 0 Å². The van der Waals surface area contributed by atoms with Crippen LogP contribution in [0.25, 0.3) is 0 Å². The summed E-state index contributed by atoms with van der Waals surface area (Å²) in [6.45, 7) is 1.98. The van der Waals surface area contributed by atoms with Crippen LogP contribution in [-0.4, -0.2) is 21.0 Å². The summed E-state index contributed by atoms with van der Waals surface area (Å²) in [6.07, 6.45) is 3.22. The van der Waals surface area contributed by atoms with Gasteiger partial charge < -0.3 is 5.11 Å². The standard InChI is InChI=1S/C12H9BrN2O2S/c1-7-4-11(15-6-9(7)13)18-8-2-3-14-10(5-8)12(16)17/h2-6H,1H3,(H,16,17). The highest BCUT2D eigenvalue weighted by molar-refractivity contribution is 9.10. The van der Waals surface area contributed by atoms with E-state index in [1.54, 1.807) is 12.3 Å². The lowest BCUT2D eigenvalue weighted by atomic mass is 10.3. The molecule has 0 atom stereocenters. The second-order valence-electron chi connectivity index (χ2n) is 3.56. The first kappa shape index (κ1) is 13.0. The highest BCUT2D eigenvalue weighted by Gasteiger charge is 2.07. The van der Waals surface area contributed by atoms with Crippen LogP contribution in [0, 0.1) is 6.92 Å². The predicted molar refractivity (Wildman–Crippen MR) is 72.0 cm³/mol. The lowest BCUT2D eigenvalue weighted by Gasteiger charge is -2.03. The first-order valence-electron chi connectivity index (χ1n) is 5.05. The molecule has 0 aliphatic heterocycles. The van der Waals surface area contributed by atoms with Gasteiger partial charge in [-0.25, -0.2) is 14.8 Å². The van der Waals surface area contributed by atoms with E-state index < -0.39 is 5.97 Å². The van der Waals surface area contributed by atoms with Crippen molar-refractivity contribution in [2.24, 2.45) is 0 Å². The van der Waals surface area contributed by atoms with Crippen molar-refractivity contribution in [2.75, 3.05) is 0 Å². The molecule has 92 valence electrons. The summed E-state index contributed by atoms with van der Waals surface area (Å²) in [5.74, 6) is -1.03. The van der Waals surface area contributed by atoms with Gasteiger partial charge in [-0.1, -0.05) is 11.8 Å². The van der Waals surface area contributed by atoms with E-state index in [9.17, 15) is 4.79 Å². The molecule has 0 spiro atoms. The SMILES string of the molecule is Cc1cc(Sc2ccnc(C(=O)O)c2)ncc1Br. The number of pyridine rings is 2. The Morgan fingerprint density at radius 1 is 1.39 bits per heavy atom. The van der Waals surface area contributed by atoms with E-state index in [1.165, 1.54) is 24.0 Å². The van der Waals surface area contributed by atoms with E-state index in [0.29, 0.717) is 0 Å². The van der Waals surface area contributed by atoms with Gasteiger partial charge in [-0.15, -0.1) is 0 Å². The number of aryl methyl sites for hydroxylation is 1. The van der Waals surface area contributed by atoms with Crippen molar-refractivity contribution >= 4 is 33.7 Å². The van der Waals surface area contributed by atoms with E-state index in [2.05, 4.69) is 25.9 Å². The van der Waals surface area contributed by atoms with Gasteiger partial charge in [-0.05, 0) is 46.6 Å². The number of carbonyl (C=O) groups is 1. The maximum atomic E-state index is 10.8. The molecule has 1 N–H and O–H groups in total. The zero-order valence-corrected chi connectivity index (χ0v) is 11.8. The molecule has 2 aromatic rings. The molecule has 2 rings (SSSR count). The molecule has 2 heterocycles. The van der Waals surface area contributed by atoms with Crippen LogP contribution in [0.1, 0.15) is 16.1 Å². The van der Waals surface area contributed by atoms with Gasteiger partial charge in [0.1, 0.15) is 10.7 Å². The Morgan fingerprint density at radius 2 is 2.17 bits per heavy atom. The Hall–Kier alpha value is -1.40. The van der Waals surface area contributed by atoms with Crippen LogP contribution in [0.15, 0.2) is 45.0 Å². The third kappa shape index (κ3) is 3.08. The van der Waals surface area contributed by atoms with Crippen molar-refractivity contribution in [1.29, 1.82) is 0 Å². The van der Waals surface area contributed by atoms with Crippen LogP contribution in [-0.2, 0) is 0 Å². The minimum atomic E-state index is -1.03. The van der Waals surface area contributed by atoms with Crippen molar-refractivity contribution in [2.45, 2.75) is 16.8 Å². The fraction of sp³-hybridized carbons (Fsp3) is 0.0833. The summed E-state index contributed by atoms with van der Waals surface area (Å²) in [7, 11) is 0. The van der Waals surface area contributed by atoms with E-state index in [1.807, 2.05) is 13.0 Å². The maximum absolute atomic E-state index is 10.8. The van der Waals surface area contributed by atoms with Crippen molar-refractivity contribution in [3.63, 3.8) is 0 Å². The molecule has 6 heteroatoms. The quantitative estimate of drug-likeness (QED) is 0.937. The molecule has 0 saturated carbocycles. The average Bonchev–Trinajstić information content (AvgIpc) is 2.34. The smallest absolute Gasteiger partial charge is 0.354 e. The van der Waals surface area contributed by atoms with Crippen LogP contribution in [0.3, 0.4) is 0 Å². The second-order valence-corrected chi connectivity index (χ2v) is 5.50. The van der Waals surface area contributed by atoms with Crippen molar-refractivity contribution < 1.29 is 9.90 Å². The molecule has 2 aromatic heterocycles. The van der Waals surface area contributed by atoms with Crippen molar-refractivity contribution in [3.05, 3.63) is 46.3 Å². The number of halogens is 1. The maximum Gasteiger partial charge on any atom is 0.354 e. The zero-order valence-electron chi connectivity index (χ0n) is 9.42. The molecular weight excluding hydrogens is 316 g/mol. The Bertz CT molecular complexity index is 604. The summed E-state index contributed by atoms with van der Waals surface area (Å²) in [5.41, 5.74) is 1.12. The number of rotatable bonds is 3.